The fraction of sp³-hybridized carbons (Fsp3) is 0.300. The minimum Gasteiger partial charge on any atom is -0.389 e. The Balaban J connectivity index is 3.15. The number of aliphatic hydroxyl groups excluding tert-OH is 2. The Kier molecular flexibility index (Phi) is 4.05. The van der Waals surface area contributed by atoms with Gasteiger partial charge in [-0.1, -0.05) is 0 Å². The van der Waals surface area contributed by atoms with Gasteiger partial charge in [0.15, 0.2) is 6.29 Å². The van der Waals surface area contributed by atoms with Crippen molar-refractivity contribution >= 4 is 6.29 Å². The molecule has 0 aliphatic heterocycles. The normalized spacial score (nSPS) is 14.6. The second-order valence-electron chi connectivity index (χ2n) is 3.26. The van der Waals surface area contributed by atoms with Gasteiger partial charge in [0.25, 0.3) is 0 Å². The summed E-state index contributed by atoms with van der Waals surface area (Å²) in [5.74, 6) is -1.93. The highest BCUT2D eigenvalue weighted by Crippen LogP contribution is 2.22. The van der Waals surface area contributed by atoms with Crippen LogP contribution in [-0.2, 0) is 0 Å². The van der Waals surface area contributed by atoms with Crippen LogP contribution in [0, 0.1) is 11.6 Å². The summed E-state index contributed by atoms with van der Waals surface area (Å²) in [6, 6.07) is 1.33. The molecule has 16 heavy (non-hydrogen) atoms. The smallest absolute Gasteiger partial charge is 0.153 e. The highest BCUT2D eigenvalue weighted by atomic mass is 19.1. The van der Waals surface area contributed by atoms with E-state index in [1.807, 2.05) is 0 Å². The number of halogens is 2. The van der Waals surface area contributed by atoms with Crippen LogP contribution < -0.4 is 5.73 Å². The van der Waals surface area contributed by atoms with Crippen molar-refractivity contribution in [2.24, 2.45) is 5.73 Å². The Bertz CT molecular complexity index is 398. The minimum absolute atomic E-state index is 0.161. The predicted molar refractivity (Wildman–Crippen MR) is 51.8 cm³/mol. The van der Waals surface area contributed by atoms with E-state index in [9.17, 15) is 23.8 Å². The van der Waals surface area contributed by atoms with Crippen LogP contribution in [0.15, 0.2) is 12.1 Å². The SMILES string of the molecule is NCC(O)C(O)c1cc(F)c(C=O)cc1F. The lowest BCUT2D eigenvalue weighted by Crippen LogP contribution is -2.28. The molecule has 2 unspecified atom stereocenters. The molecule has 0 bridgehead atoms. The molecule has 1 aromatic rings. The molecular weight excluding hydrogens is 220 g/mol. The van der Waals surface area contributed by atoms with E-state index in [1.165, 1.54) is 0 Å². The topological polar surface area (TPSA) is 83.6 Å². The van der Waals surface area contributed by atoms with Crippen LogP contribution in [0.5, 0.6) is 0 Å². The van der Waals surface area contributed by atoms with E-state index in [2.05, 4.69) is 0 Å². The molecule has 0 amide bonds. The maximum Gasteiger partial charge on any atom is 0.153 e. The summed E-state index contributed by atoms with van der Waals surface area (Å²) in [5, 5.41) is 18.6. The molecule has 0 saturated carbocycles. The zero-order valence-electron chi connectivity index (χ0n) is 8.23. The van der Waals surface area contributed by atoms with Crippen molar-refractivity contribution in [2.75, 3.05) is 6.54 Å². The Labute approximate surface area is 90.3 Å². The molecule has 6 heteroatoms. The molecule has 4 N–H and O–H groups in total. The lowest BCUT2D eigenvalue weighted by Gasteiger charge is -2.17. The van der Waals surface area contributed by atoms with Gasteiger partial charge in [0.1, 0.15) is 17.7 Å². The van der Waals surface area contributed by atoms with Crippen molar-refractivity contribution in [3.8, 4) is 0 Å². The second-order valence-corrected chi connectivity index (χ2v) is 3.26. The van der Waals surface area contributed by atoms with Crippen LogP contribution in [0.3, 0.4) is 0 Å². The van der Waals surface area contributed by atoms with Gasteiger partial charge in [0.05, 0.1) is 11.7 Å². The van der Waals surface area contributed by atoms with Gasteiger partial charge in [-0.3, -0.25) is 4.79 Å². The first-order valence-electron chi connectivity index (χ1n) is 4.51. The molecule has 0 radical (unpaired) electrons. The number of rotatable bonds is 4. The summed E-state index contributed by atoms with van der Waals surface area (Å²) in [5.41, 5.74) is 4.19. The molecule has 0 aliphatic carbocycles. The number of aldehydes is 1. The molecule has 0 fully saturated rings. The number of carbonyl (C=O) groups is 1. The third kappa shape index (κ3) is 2.41. The zero-order valence-corrected chi connectivity index (χ0v) is 8.23. The molecular formula is C10H11F2NO3. The summed E-state index contributed by atoms with van der Waals surface area (Å²) in [6.07, 6.45) is -2.86. The fourth-order valence-corrected chi connectivity index (χ4v) is 1.23. The zero-order chi connectivity index (χ0) is 12.3. The van der Waals surface area contributed by atoms with E-state index in [4.69, 9.17) is 5.73 Å². The second kappa shape index (κ2) is 5.11. The highest BCUT2D eigenvalue weighted by molar-refractivity contribution is 5.75. The molecule has 1 rings (SSSR count). The van der Waals surface area contributed by atoms with Crippen molar-refractivity contribution in [2.45, 2.75) is 12.2 Å². The number of hydrogen-bond donors (Lipinski definition) is 3. The molecule has 0 spiro atoms. The highest BCUT2D eigenvalue weighted by Gasteiger charge is 2.22. The number of hydrogen-bond acceptors (Lipinski definition) is 4. The maximum atomic E-state index is 13.3. The first-order valence-corrected chi connectivity index (χ1v) is 4.51. The van der Waals surface area contributed by atoms with Crippen LogP contribution in [-0.4, -0.2) is 29.1 Å². The summed E-state index contributed by atoms with van der Waals surface area (Å²) in [4.78, 5) is 10.3. The van der Waals surface area contributed by atoms with Crippen LogP contribution in [0.2, 0.25) is 0 Å². The third-order valence-electron chi connectivity index (χ3n) is 2.17. The molecule has 2 atom stereocenters. The largest absolute Gasteiger partial charge is 0.389 e. The van der Waals surface area contributed by atoms with Crippen LogP contribution in [0.25, 0.3) is 0 Å². The van der Waals surface area contributed by atoms with Gasteiger partial charge in [0.2, 0.25) is 0 Å². The molecule has 0 aliphatic rings. The van der Waals surface area contributed by atoms with Gasteiger partial charge in [-0.05, 0) is 12.1 Å². The van der Waals surface area contributed by atoms with E-state index < -0.39 is 35.0 Å². The van der Waals surface area contributed by atoms with Crippen LogP contribution >= 0.6 is 0 Å². The quantitative estimate of drug-likeness (QED) is 0.643. The van der Waals surface area contributed by atoms with Crippen molar-refractivity contribution in [3.63, 3.8) is 0 Å². The Morgan fingerprint density at radius 2 is 1.94 bits per heavy atom. The average molecular weight is 231 g/mol. The van der Waals surface area contributed by atoms with Crippen molar-refractivity contribution < 1.29 is 23.8 Å². The van der Waals surface area contributed by atoms with Gasteiger partial charge in [-0.2, -0.15) is 0 Å². The lowest BCUT2D eigenvalue weighted by molar-refractivity contribution is 0.0220. The van der Waals surface area contributed by atoms with Crippen LogP contribution in [0.1, 0.15) is 22.0 Å². The van der Waals surface area contributed by atoms with Crippen LogP contribution in [0.4, 0.5) is 8.78 Å². The van der Waals surface area contributed by atoms with E-state index in [0.717, 1.165) is 0 Å². The standard InChI is InChI=1S/C10H11F2NO3/c11-7-2-6(10(16)9(15)3-13)8(12)1-5(7)4-14/h1-2,4,9-10,15-16H,3,13H2. The summed E-state index contributed by atoms with van der Waals surface area (Å²) in [6.45, 7) is -0.294. The fourth-order valence-electron chi connectivity index (χ4n) is 1.23. The van der Waals surface area contributed by atoms with Crippen molar-refractivity contribution in [1.29, 1.82) is 0 Å². The van der Waals surface area contributed by atoms with Gasteiger partial charge in [-0.15, -0.1) is 0 Å². The van der Waals surface area contributed by atoms with E-state index >= 15 is 0 Å². The summed E-state index contributed by atoms with van der Waals surface area (Å²) in [7, 11) is 0. The number of carbonyl (C=O) groups excluding carboxylic acids is 1. The first-order chi connectivity index (χ1) is 7.51. The number of aliphatic hydroxyl groups is 2. The van der Waals surface area contributed by atoms with E-state index in [1.54, 1.807) is 0 Å². The summed E-state index contributed by atoms with van der Waals surface area (Å²) >= 11 is 0. The third-order valence-corrected chi connectivity index (χ3v) is 2.17. The first kappa shape index (κ1) is 12.7. The van der Waals surface area contributed by atoms with E-state index in [0.29, 0.717) is 12.1 Å². The van der Waals surface area contributed by atoms with Gasteiger partial charge in [0, 0.05) is 12.1 Å². The number of benzene rings is 1. The lowest BCUT2D eigenvalue weighted by atomic mass is 10.0. The van der Waals surface area contributed by atoms with E-state index in [-0.39, 0.29) is 12.8 Å². The molecule has 0 aromatic heterocycles. The Hall–Kier alpha value is -1.37. The maximum absolute atomic E-state index is 13.3. The van der Waals surface area contributed by atoms with Gasteiger partial charge >= 0.3 is 0 Å². The van der Waals surface area contributed by atoms with Crippen molar-refractivity contribution in [3.05, 3.63) is 34.9 Å². The molecule has 88 valence electrons. The molecule has 0 saturated heterocycles. The average Bonchev–Trinajstić information content (AvgIpc) is 2.29. The van der Waals surface area contributed by atoms with Gasteiger partial charge < -0.3 is 15.9 Å². The number of nitrogens with two attached hydrogens (primary N) is 1. The Morgan fingerprint density at radius 1 is 1.31 bits per heavy atom. The Morgan fingerprint density at radius 3 is 2.44 bits per heavy atom. The monoisotopic (exact) mass is 231 g/mol. The van der Waals surface area contributed by atoms with Gasteiger partial charge in [-0.25, -0.2) is 8.78 Å². The molecule has 0 heterocycles. The predicted octanol–water partition coefficient (Wildman–Crippen LogP) is 0.130. The van der Waals surface area contributed by atoms with Crippen molar-refractivity contribution in [1.82, 2.24) is 0 Å². The molecule has 1 aromatic carbocycles. The summed E-state index contributed by atoms with van der Waals surface area (Å²) < 4.78 is 26.5. The minimum atomic E-state index is -1.62. The molecule has 4 nitrogen and oxygen atoms in total.